The first kappa shape index (κ1) is 16.2. The van der Waals surface area contributed by atoms with Crippen LogP contribution in [0.3, 0.4) is 0 Å². The summed E-state index contributed by atoms with van der Waals surface area (Å²) < 4.78 is 27.5. The van der Waals surface area contributed by atoms with E-state index in [4.69, 9.17) is 0 Å². The van der Waals surface area contributed by atoms with Gasteiger partial charge in [-0.15, -0.1) is 0 Å². The van der Waals surface area contributed by atoms with E-state index in [1.165, 1.54) is 31.9 Å². The Labute approximate surface area is 127 Å². The molecule has 0 saturated heterocycles. The average Bonchev–Trinajstić information content (AvgIpc) is 2.98. The Balaban J connectivity index is 1.97. The van der Waals surface area contributed by atoms with Gasteiger partial charge in [-0.1, -0.05) is 32.6 Å². The predicted molar refractivity (Wildman–Crippen MR) is 84.8 cm³/mol. The summed E-state index contributed by atoms with van der Waals surface area (Å²) in [6.07, 6.45) is 9.92. The van der Waals surface area contributed by atoms with Crippen molar-refractivity contribution in [2.75, 3.05) is 18.4 Å². The van der Waals surface area contributed by atoms with E-state index in [1.807, 2.05) is 6.92 Å². The molecule has 0 aromatic carbocycles. The van der Waals surface area contributed by atoms with Crippen LogP contribution in [0.5, 0.6) is 0 Å². The summed E-state index contributed by atoms with van der Waals surface area (Å²) in [6.45, 7) is 3.30. The van der Waals surface area contributed by atoms with E-state index in [0.29, 0.717) is 18.2 Å². The first-order valence-electron chi connectivity index (χ1n) is 7.81. The third kappa shape index (κ3) is 4.68. The van der Waals surface area contributed by atoms with Gasteiger partial charge in [-0.25, -0.2) is 13.1 Å². The second-order valence-electron chi connectivity index (χ2n) is 5.64. The van der Waals surface area contributed by atoms with Gasteiger partial charge < -0.3 is 5.32 Å². The van der Waals surface area contributed by atoms with E-state index in [0.717, 1.165) is 19.4 Å². The summed E-state index contributed by atoms with van der Waals surface area (Å²) in [5.41, 5.74) is 0.625. The van der Waals surface area contributed by atoms with Gasteiger partial charge >= 0.3 is 0 Å². The fraction of sp³-hybridized carbons (Fsp3) is 0.667. The number of hydrogen-bond acceptors (Lipinski definition) is 4. The molecule has 0 unspecified atom stereocenters. The van der Waals surface area contributed by atoms with Crippen molar-refractivity contribution in [3.8, 4) is 0 Å². The van der Waals surface area contributed by atoms with Crippen LogP contribution in [0.15, 0.2) is 23.4 Å². The Hall–Kier alpha value is -1.14. The molecule has 1 aromatic heterocycles. The van der Waals surface area contributed by atoms with Crippen molar-refractivity contribution < 1.29 is 8.42 Å². The van der Waals surface area contributed by atoms with Crippen molar-refractivity contribution in [2.45, 2.75) is 50.3 Å². The van der Waals surface area contributed by atoms with Crippen molar-refractivity contribution in [3.63, 3.8) is 0 Å². The number of sulfonamides is 1. The van der Waals surface area contributed by atoms with Crippen molar-refractivity contribution >= 4 is 15.7 Å². The van der Waals surface area contributed by atoms with E-state index < -0.39 is 10.0 Å². The van der Waals surface area contributed by atoms with Crippen LogP contribution in [0, 0.1) is 5.92 Å². The zero-order valence-electron chi connectivity index (χ0n) is 12.6. The molecule has 1 aliphatic carbocycles. The van der Waals surface area contributed by atoms with Gasteiger partial charge in [0, 0.05) is 25.5 Å². The molecule has 0 amide bonds. The van der Waals surface area contributed by atoms with Gasteiger partial charge in [0.1, 0.15) is 4.90 Å². The first-order chi connectivity index (χ1) is 10.1. The van der Waals surface area contributed by atoms with Crippen LogP contribution in [-0.4, -0.2) is 26.5 Å². The Kier molecular flexibility index (Phi) is 5.99. The lowest BCUT2D eigenvalue weighted by molar-refractivity contribution is 0.495. The quantitative estimate of drug-likeness (QED) is 0.774. The molecule has 21 heavy (non-hydrogen) atoms. The number of hydrogen-bond donors (Lipinski definition) is 2. The normalized spacial score (nSPS) is 16.2. The van der Waals surface area contributed by atoms with Crippen molar-refractivity contribution in [3.05, 3.63) is 18.5 Å². The van der Waals surface area contributed by atoms with Crippen LogP contribution in [0.1, 0.15) is 45.4 Å². The fourth-order valence-corrected chi connectivity index (χ4v) is 3.95. The molecule has 0 atom stereocenters. The summed E-state index contributed by atoms with van der Waals surface area (Å²) in [7, 11) is -3.49. The molecule has 1 heterocycles. The Morgan fingerprint density at radius 2 is 2.05 bits per heavy atom. The predicted octanol–water partition coefficient (Wildman–Crippen LogP) is 2.76. The van der Waals surface area contributed by atoms with Crippen molar-refractivity contribution in [2.24, 2.45) is 5.92 Å². The molecule has 0 spiro atoms. The van der Waals surface area contributed by atoms with Gasteiger partial charge in [0.05, 0.1) is 5.69 Å². The van der Waals surface area contributed by atoms with E-state index in [9.17, 15) is 8.42 Å². The van der Waals surface area contributed by atoms with Gasteiger partial charge in [-0.2, -0.15) is 0 Å². The Morgan fingerprint density at radius 1 is 1.29 bits per heavy atom. The monoisotopic (exact) mass is 311 g/mol. The number of nitrogens with zero attached hydrogens (tertiary/aromatic N) is 1. The summed E-state index contributed by atoms with van der Waals surface area (Å²) in [5, 5.41) is 3.14. The zero-order valence-corrected chi connectivity index (χ0v) is 13.5. The van der Waals surface area contributed by atoms with Gasteiger partial charge in [-0.05, 0) is 24.8 Å². The second kappa shape index (κ2) is 7.75. The highest BCUT2D eigenvalue weighted by Crippen LogP contribution is 2.27. The molecular formula is C15H25N3O2S. The third-order valence-corrected chi connectivity index (χ3v) is 5.45. The molecule has 1 fully saturated rings. The van der Waals surface area contributed by atoms with Crippen molar-refractivity contribution in [1.29, 1.82) is 0 Å². The van der Waals surface area contributed by atoms with Crippen LogP contribution in [0.2, 0.25) is 0 Å². The maximum absolute atomic E-state index is 12.4. The van der Waals surface area contributed by atoms with Gasteiger partial charge in [-0.3, -0.25) is 4.98 Å². The standard InChI is InChI=1S/C15H25N3O2S/c1-2-9-17-14-8-10-16-12-15(14)21(19,20)18-11-7-13-5-3-4-6-13/h8,10,12-13,18H,2-7,9,11H2,1H3,(H,16,17). The van der Waals surface area contributed by atoms with E-state index in [2.05, 4.69) is 15.0 Å². The molecule has 6 heteroatoms. The molecule has 0 bridgehead atoms. The minimum atomic E-state index is -3.49. The van der Waals surface area contributed by atoms with Crippen LogP contribution >= 0.6 is 0 Å². The van der Waals surface area contributed by atoms with Crippen molar-refractivity contribution in [1.82, 2.24) is 9.71 Å². The van der Waals surface area contributed by atoms with Gasteiger partial charge in [0.15, 0.2) is 0 Å². The number of rotatable bonds is 8. The lowest BCUT2D eigenvalue weighted by Gasteiger charge is -2.13. The lowest BCUT2D eigenvalue weighted by Crippen LogP contribution is -2.27. The first-order valence-corrected chi connectivity index (χ1v) is 9.29. The van der Waals surface area contributed by atoms with E-state index in [-0.39, 0.29) is 4.90 Å². The number of nitrogens with one attached hydrogen (secondary N) is 2. The molecule has 5 nitrogen and oxygen atoms in total. The van der Waals surface area contributed by atoms with E-state index in [1.54, 1.807) is 12.3 Å². The Bertz CT molecular complexity index is 540. The largest absolute Gasteiger partial charge is 0.384 e. The highest BCUT2D eigenvalue weighted by atomic mass is 32.2. The van der Waals surface area contributed by atoms with Crippen LogP contribution in [0.25, 0.3) is 0 Å². The maximum Gasteiger partial charge on any atom is 0.244 e. The SMILES string of the molecule is CCCNc1ccncc1S(=O)(=O)NCCC1CCCC1. The summed E-state index contributed by atoms with van der Waals surface area (Å²) in [4.78, 5) is 4.19. The fourth-order valence-electron chi connectivity index (χ4n) is 2.77. The Morgan fingerprint density at radius 3 is 2.76 bits per heavy atom. The maximum atomic E-state index is 12.4. The van der Waals surface area contributed by atoms with Crippen LogP contribution in [0.4, 0.5) is 5.69 Å². The van der Waals surface area contributed by atoms with Gasteiger partial charge in [0.25, 0.3) is 0 Å². The average molecular weight is 311 g/mol. The third-order valence-electron chi connectivity index (χ3n) is 3.96. The molecule has 0 radical (unpaired) electrons. The lowest BCUT2D eigenvalue weighted by atomic mass is 10.1. The zero-order chi connectivity index (χ0) is 15.1. The smallest absolute Gasteiger partial charge is 0.244 e. The molecule has 0 aliphatic heterocycles. The second-order valence-corrected chi connectivity index (χ2v) is 7.37. The summed E-state index contributed by atoms with van der Waals surface area (Å²) in [5.74, 6) is 0.680. The summed E-state index contributed by atoms with van der Waals surface area (Å²) in [6, 6.07) is 1.71. The number of aromatic nitrogens is 1. The molecular weight excluding hydrogens is 286 g/mol. The molecule has 1 aromatic rings. The molecule has 1 saturated carbocycles. The molecule has 2 N–H and O–H groups in total. The topological polar surface area (TPSA) is 71.1 Å². The molecule has 2 rings (SSSR count). The number of anilines is 1. The highest BCUT2D eigenvalue weighted by Gasteiger charge is 2.20. The van der Waals surface area contributed by atoms with E-state index >= 15 is 0 Å². The van der Waals surface area contributed by atoms with Crippen LogP contribution < -0.4 is 10.0 Å². The number of pyridine rings is 1. The molecule has 1 aliphatic rings. The summed E-state index contributed by atoms with van der Waals surface area (Å²) >= 11 is 0. The minimum absolute atomic E-state index is 0.241. The highest BCUT2D eigenvalue weighted by molar-refractivity contribution is 7.89. The molecule has 118 valence electrons. The van der Waals surface area contributed by atoms with Crippen LogP contribution in [-0.2, 0) is 10.0 Å². The van der Waals surface area contributed by atoms with Gasteiger partial charge in [0.2, 0.25) is 10.0 Å². The minimum Gasteiger partial charge on any atom is -0.384 e.